The fourth-order valence-corrected chi connectivity index (χ4v) is 3.61. The van der Waals surface area contributed by atoms with Gasteiger partial charge >= 0.3 is 0 Å². The van der Waals surface area contributed by atoms with E-state index in [9.17, 15) is 0 Å². The molecule has 4 nitrogen and oxygen atoms in total. The van der Waals surface area contributed by atoms with Gasteiger partial charge in [0.05, 0.1) is 14.2 Å². The van der Waals surface area contributed by atoms with Crippen LogP contribution in [0.3, 0.4) is 0 Å². The van der Waals surface area contributed by atoms with Crippen molar-refractivity contribution in [2.45, 2.75) is 25.3 Å². The third-order valence-electron chi connectivity index (χ3n) is 4.89. The number of hydrogen-bond donors (Lipinski definition) is 1. The average molecular weight is 363 g/mol. The van der Waals surface area contributed by atoms with Crippen LogP contribution in [0.15, 0.2) is 18.2 Å². The quantitative estimate of drug-likeness (QED) is 0.871. The molecule has 0 unspecified atom stereocenters. The Labute approximate surface area is 151 Å². The van der Waals surface area contributed by atoms with Gasteiger partial charge in [-0.15, -0.1) is 24.8 Å². The minimum Gasteiger partial charge on any atom is -0.493 e. The van der Waals surface area contributed by atoms with Crippen molar-refractivity contribution in [2.24, 2.45) is 5.92 Å². The van der Waals surface area contributed by atoms with E-state index in [1.165, 1.54) is 24.8 Å². The summed E-state index contributed by atoms with van der Waals surface area (Å²) in [4.78, 5) is 2.62. The molecule has 6 heteroatoms. The van der Waals surface area contributed by atoms with Crippen LogP contribution in [0.1, 0.15) is 30.9 Å². The maximum Gasteiger partial charge on any atom is 0.165 e. The molecule has 0 radical (unpaired) electrons. The minimum absolute atomic E-state index is 0. The summed E-state index contributed by atoms with van der Waals surface area (Å²) in [5, 5.41) is 3.45. The SMILES string of the molecule is COc1cccc([C@@H](C2CCC2)N2CCNCC2)c1OC.Cl.Cl. The van der Waals surface area contributed by atoms with Crippen LogP contribution in [0, 0.1) is 5.92 Å². The highest BCUT2D eigenvalue weighted by Crippen LogP contribution is 2.46. The maximum absolute atomic E-state index is 5.69. The van der Waals surface area contributed by atoms with E-state index in [1.807, 2.05) is 6.07 Å². The van der Waals surface area contributed by atoms with Gasteiger partial charge in [0.2, 0.25) is 0 Å². The minimum atomic E-state index is 0. The second-order valence-corrected chi connectivity index (χ2v) is 6.00. The summed E-state index contributed by atoms with van der Waals surface area (Å²) in [6.45, 7) is 4.38. The van der Waals surface area contributed by atoms with Gasteiger partial charge in [0.25, 0.3) is 0 Å². The van der Waals surface area contributed by atoms with Gasteiger partial charge in [-0.05, 0) is 24.8 Å². The van der Waals surface area contributed by atoms with Gasteiger partial charge < -0.3 is 14.8 Å². The zero-order chi connectivity index (χ0) is 14.7. The van der Waals surface area contributed by atoms with Crippen LogP contribution in [0.4, 0.5) is 0 Å². The van der Waals surface area contributed by atoms with E-state index in [-0.39, 0.29) is 24.8 Å². The van der Waals surface area contributed by atoms with Crippen LogP contribution in [-0.4, -0.2) is 45.3 Å². The molecule has 2 aliphatic rings. The van der Waals surface area contributed by atoms with Gasteiger partial charge in [-0.2, -0.15) is 0 Å². The first-order valence-electron chi connectivity index (χ1n) is 8.01. The van der Waals surface area contributed by atoms with Crippen LogP contribution >= 0.6 is 24.8 Å². The predicted molar refractivity (Wildman–Crippen MR) is 98.6 cm³/mol. The van der Waals surface area contributed by atoms with Crippen LogP contribution in [-0.2, 0) is 0 Å². The summed E-state index contributed by atoms with van der Waals surface area (Å²) in [5.41, 5.74) is 1.29. The number of nitrogens with one attached hydrogen (secondary N) is 1. The number of piperazine rings is 1. The second-order valence-electron chi connectivity index (χ2n) is 6.00. The number of hydrogen-bond acceptors (Lipinski definition) is 4. The molecule has 1 N–H and O–H groups in total. The van der Waals surface area contributed by atoms with Crippen LogP contribution in [0.5, 0.6) is 11.5 Å². The Morgan fingerprint density at radius 3 is 2.30 bits per heavy atom. The highest BCUT2D eigenvalue weighted by Gasteiger charge is 2.35. The van der Waals surface area contributed by atoms with Crippen molar-refractivity contribution in [1.82, 2.24) is 10.2 Å². The molecule has 1 aliphatic carbocycles. The Balaban J connectivity index is 0.00000132. The normalized spacial score (nSPS) is 19.7. The first kappa shape index (κ1) is 20.4. The van der Waals surface area contributed by atoms with E-state index in [0.717, 1.165) is 43.6 Å². The lowest BCUT2D eigenvalue weighted by Crippen LogP contribution is -2.47. The Bertz CT molecular complexity index is 478. The Morgan fingerprint density at radius 2 is 1.78 bits per heavy atom. The van der Waals surface area contributed by atoms with E-state index in [1.54, 1.807) is 14.2 Å². The Hall–Kier alpha value is -0.680. The molecular formula is C17H28Cl2N2O2. The van der Waals surface area contributed by atoms with Crippen LogP contribution in [0.2, 0.25) is 0 Å². The molecule has 3 rings (SSSR count). The van der Waals surface area contributed by atoms with Crippen molar-refractivity contribution < 1.29 is 9.47 Å². The summed E-state index contributed by atoms with van der Waals surface area (Å²) in [7, 11) is 3.46. The molecule has 0 spiro atoms. The summed E-state index contributed by atoms with van der Waals surface area (Å²) in [6.07, 6.45) is 4.02. The standard InChI is InChI=1S/C17H26N2O2.2ClH/c1-20-15-8-4-7-14(17(15)21-2)16(13-5-3-6-13)19-11-9-18-10-12-19;;/h4,7-8,13,16,18H,3,5-6,9-12H2,1-2H3;2*1H/t16-;;/m1../s1. The van der Waals surface area contributed by atoms with Crippen molar-refractivity contribution >= 4 is 24.8 Å². The number of nitrogens with zero attached hydrogens (tertiary/aromatic N) is 1. The number of halogens is 2. The number of ether oxygens (including phenoxy) is 2. The van der Waals surface area contributed by atoms with E-state index in [0.29, 0.717) is 6.04 Å². The maximum atomic E-state index is 5.69. The summed E-state index contributed by atoms with van der Waals surface area (Å²) < 4.78 is 11.2. The van der Waals surface area contributed by atoms with Crippen molar-refractivity contribution in [3.05, 3.63) is 23.8 Å². The predicted octanol–water partition coefficient (Wildman–Crippen LogP) is 3.29. The molecular weight excluding hydrogens is 335 g/mol. The number of para-hydroxylation sites is 1. The van der Waals surface area contributed by atoms with E-state index < -0.39 is 0 Å². The smallest absolute Gasteiger partial charge is 0.165 e. The van der Waals surface area contributed by atoms with Gasteiger partial charge in [0, 0.05) is 37.8 Å². The zero-order valence-electron chi connectivity index (χ0n) is 13.9. The first-order chi connectivity index (χ1) is 10.3. The molecule has 0 amide bonds. The van der Waals surface area contributed by atoms with Crippen molar-refractivity contribution in [1.29, 1.82) is 0 Å². The van der Waals surface area contributed by atoms with Gasteiger partial charge in [-0.3, -0.25) is 4.90 Å². The molecule has 1 heterocycles. The molecule has 23 heavy (non-hydrogen) atoms. The molecule has 1 aromatic carbocycles. The molecule has 1 aromatic rings. The Kier molecular flexibility index (Phi) is 8.48. The molecule has 1 saturated carbocycles. The first-order valence-corrected chi connectivity index (χ1v) is 8.01. The van der Waals surface area contributed by atoms with Gasteiger partial charge in [-0.25, -0.2) is 0 Å². The topological polar surface area (TPSA) is 33.7 Å². The fourth-order valence-electron chi connectivity index (χ4n) is 3.61. The van der Waals surface area contributed by atoms with Crippen LogP contribution in [0.25, 0.3) is 0 Å². The number of methoxy groups -OCH3 is 2. The summed E-state index contributed by atoms with van der Waals surface area (Å²) in [6, 6.07) is 6.75. The van der Waals surface area contributed by atoms with E-state index in [4.69, 9.17) is 9.47 Å². The van der Waals surface area contributed by atoms with Crippen molar-refractivity contribution in [3.63, 3.8) is 0 Å². The third-order valence-corrected chi connectivity index (χ3v) is 4.89. The van der Waals surface area contributed by atoms with Gasteiger partial charge in [0.1, 0.15) is 0 Å². The molecule has 132 valence electrons. The lowest BCUT2D eigenvalue weighted by molar-refractivity contribution is 0.0815. The average Bonchev–Trinajstić information content (AvgIpc) is 2.50. The van der Waals surface area contributed by atoms with Crippen LogP contribution < -0.4 is 14.8 Å². The number of benzene rings is 1. The summed E-state index contributed by atoms with van der Waals surface area (Å²) in [5.74, 6) is 2.51. The highest BCUT2D eigenvalue weighted by atomic mass is 35.5. The molecule has 2 fully saturated rings. The van der Waals surface area contributed by atoms with E-state index in [2.05, 4.69) is 22.3 Å². The molecule has 0 bridgehead atoms. The lowest BCUT2D eigenvalue weighted by atomic mass is 9.76. The van der Waals surface area contributed by atoms with Gasteiger partial charge in [-0.1, -0.05) is 18.6 Å². The fraction of sp³-hybridized carbons (Fsp3) is 0.647. The number of rotatable bonds is 5. The molecule has 0 aromatic heterocycles. The largest absolute Gasteiger partial charge is 0.493 e. The molecule has 1 atom stereocenters. The second kappa shape index (κ2) is 9.58. The summed E-state index contributed by atoms with van der Waals surface area (Å²) >= 11 is 0. The van der Waals surface area contributed by atoms with Gasteiger partial charge in [0.15, 0.2) is 11.5 Å². The molecule has 1 saturated heterocycles. The zero-order valence-corrected chi connectivity index (χ0v) is 15.5. The lowest BCUT2D eigenvalue weighted by Gasteiger charge is -2.43. The third kappa shape index (κ3) is 4.24. The monoisotopic (exact) mass is 362 g/mol. The Morgan fingerprint density at radius 1 is 1.09 bits per heavy atom. The highest BCUT2D eigenvalue weighted by molar-refractivity contribution is 5.85. The molecule has 1 aliphatic heterocycles. The van der Waals surface area contributed by atoms with Crippen molar-refractivity contribution in [2.75, 3.05) is 40.4 Å². The van der Waals surface area contributed by atoms with Crippen molar-refractivity contribution in [3.8, 4) is 11.5 Å². The van der Waals surface area contributed by atoms with E-state index >= 15 is 0 Å².